The molecular formula is C10H19N5O2. The number of anilines is 3. The molecule has 1 aromatic heterocycles. The SMILES string of the molecule is CNc1cc(NCCOCCOC)nc(N)n1. The molecule has 7 nitrogen and oxygen atoms in total. The zero-order valence-electron chi connectivity index (χ0n) is 10.2. The number of hydrogen-bond donors (Lipinski definition) is 3. The minimum absolute atomic E-state index is 0.236. The fraction of sp³-hybridized carbons (Fsp3) is 0.600. The van der Waals surface area contributed by atoms with Crippen LogP contribution in [-0.4, -0.2) is 50.5 Å². The Kier molecular flexibility index (Phi) is 6.05. The normalized spacial score (nSPS) is 10.2. The van der Waals surface area contributed by atoms with Crippen molar-refractivity contribution in [1.82, 2.24) is 9.97 Å². The Morgan fingerprint density at radius 2 is 2.00 bits per heavy atom. The molecular weight excluding hydrogens is 222 g/mol. The van der Waals surface area contributed by atoms with Gasteiger partial charge in [0.15, 0.2) is 0 Å². The molecule has 0 spiro atoms. The van der Waals surface area contributed by atoms with E-state index in [0.717, 1.165) is 0 Å². The Labute approximate surface area is 101 Å². The van der Waals surface area contributed by atoms with Crippen molar-refractivity contribution in [3.05, 3.63) is 6.07 Å². The number of ether oxygens (including phenoxy) is 2. The monoisotopic (exact) mass is 241 g/mol. The van der Waals surface area contributed by atoms with Crippen LogP contribution >= 0.6 is 0 Å². The molecule has 7 heteroatoms. The predicted molar refractivity (Wildman–Crippen MR) is 67.2 cm³/mol. The van der Waals surface area contributed by atoms with E-state index in [9.17, 15) is 0 Å². The van der Waals surface area contributed by atoms with Crippen LogP contribution in [0.5, 0.6) is 0 Å². The molecule has 1 heterocycles. The molecule has 0 fully saturated rings. The molecule has 1 rings (SSSR count). The predicted octanol–water partition coefficient (Wildman–Crippen LogP) is 0.175. The number of nitrogens with two attached hydrogens (primary N) is 1. The number of methoxy groups -OCH3 is 1. The lowest BCUT2D eigenvalue weighted by molar-refractivity contribution is 0.0759. The van der Waals surface area contributed by atoms with Crippen molar-refractivity contribution >= 4 is 17.6 Å². The first-order valence-electron chi connectivity index (χ1n) is 5.39. The number of nitrogens with zero attached hydrogens (tertiary/aromatic N) is 2. The summed E-state index contributed by atoms with van der Waals surface area (Å²) >= 11 is 0. The van der Waals surface area contributed by atoms with Gasteiger partial charge in [-0.3, -0.25) is 0 Å². The van der Waals surface area contributed by atoms with Crippen molar-refractivity contribution in [2.24, 2.45) is 0 Å². The third-order valence-corrected chi connectivity index (χ3v) is 1.98. The van der Waals surface area contributed by atoms with Crippen LogP contribution in [0.3, 0.4) is 0 Å². The molecule has 0 saturated heterocycles. The van der Waals surface area contributed by atoms with E-state index in [1.807, 2.05) is 0 Å². The van der Waals surface area contributed by atoms with Gasteiger partial charge in [0.25, 0.3) is 0 Å². The lowest BCUT2D eigenvalue weighted by Crippen LogP contribution is -2.13. The summed E-state index contributed by atoms with van der Waals surface area (Å²) in [5.41, 5.74) is 5.55. The number of hydrogen-bond acceptors (Lipinski definition) is 7. The van der Waals surface area contributed by atoms with Gasteiger partial charge in [0, 0.05) is 26.8 Å². The van der Waals surface area contributed by atoms with Crippen molar-refractivity contribution in [2.45, 2.75) is 0 Å². The van der Waals surface area contributed by atoms with Crippen LogP contribution in [0.15, 0.2) is 6.07 Å². The molecule has 0 aliphatic rings. The van der Waals surface area contributed by atoms with Crippen LogP contribution in [0.25, 0.3) is 0 Å². The van der Waals surface area contributed by atoms with Crippen molar-refractivity contribution in [2.75, 3.05) is 56.9 Å². The van der Waals surface area contributed by atoms with Crippen LogP contribution < -0.4 is 16.4 Å². The zero-order chi connectivity index (χ0) is 12.5. The molecule has 96 valence electrons. The minimum Gasteiger partial charge on any atom is -0.382 e. The van der Waals surface area contributed by atoms with Gasteiger partial charge in [-0.15, -0.1) is 0 Å². The molecule has 0 atom stereocenters. The van der Waals surface area contributed by atoms with Gasteiger partial charge >= 0.3 is 0 Å². The summed E-state index contributed by atoms with van der Waals surface area (Å²) in [6.07, 6.45) is 0. The Morgan fingerprint density at radius 3 is 2.71 bits per heavy atom. The maximum absolute atomic E-state index is 5.55. The summed E-state index contributed by atoms with van der Waals surface area (Å²) in [7, 11) is 3.42. The van der Waals surface area contributed by atoms with Gasteiger partial charge in [0.1, 0.15) is 11.6 Å². The molecule has 4 N–H and O–H groups in total. The summed E-state index contributed by atoms with van der Waals surface area (Å²) in [6.45, 7) is 2.43. The lowest BCUT2D eigenvalue weighted by Gasteiger charge is -2.08. The fourth-order valence-corrected chi connectivity index (χ4v) is 1.18. The van der Waals surface area contributed by atoms with Crippen molar-refractivity contribution in [1.29, 1.82) is 0 Å². The Hall–Kier alpha value is -1.60. The second-order valence-corrected chi connectivity index (χ2v) is 3.28. The third-order valence-electron chi connectivity index (χ3n) is 1.98. The average Bonchev–Trinajstić information content (AvgIpc) is 2.33. The molecule has 0 aromatic carbocycles. The van der Waals surface area contributed by atoms with Crippen LogP contribution in [0.1, 0.15) is 0 Å². The van der Waals surface area contributed by atoms with E-state index in [4.69, 9.17) is 15.2 Å². The molecule has 0 aliphatic heterocycles. The van der Waals surface area contributed by atoms with Gasteiger partial charge in [-0.05, 0) is 0 Å². The van der Waals surface area contributed by atoms with Crippen LogP contribution in [-0.2, 0) is 9.47 Å². The Bertz CT molecular complexity index is 334. The highest BCUT2D eigenvalue weighted by molar-refractivity contribution is 5.50. The van der Waals surface area contributed by atoms with E-state index in [-0.39, 0.29) is 5.95 Å². The van der Waals surface area contributed by atoms with Crippen molar-refractivity contribution in [3.8, 4) is 0 Å². The van der Waals surface area contributed by atoms with E-state index < -0.39 is 0 Å². The van der Waals surface area contributed by atoms with E-state index in [2.05, 4.69) is 20.6 Å². The van der Waals surface area contributed by atoms with E-state index in [1.165, 1.54) is 0 Å². The maximum Gasteiger partial charge on any atom is 0.223 e. The second-order valence-electron chi connectivity index (χ2n) is 3.28. The van der Waals surface area contributed by atoms with E-state index >= 15 is 0 Å². The molecule has 0 amide bonds. The van der Waals surface area contributed by atoms with Gasteiger partial charge in [-0.2, -0.15) is 9.97 Å². The molecule has 0 saturated carbocycles. The van der Waals surface area contributed by atoms with E-state index in [0.29, 0.717) is 38.0 Å². The number of rotatable bonds is 8. The van der Waals surface area contributed by atoms with Gasteiger partial charge in [-0.25, -0.2) is 0 Å². The first kappa shape index (κ1) is 13.5. The fourth-order valence-electron chi connectivity index (χ4n) is 1.18. The number of aromatic nitrogens is 2. The first-order chi connectivity index (χ1) is 8.26. The average molecular weight is 241 g/mol. The summed E-state index contributed by atoms with van der Waals surface area (Å²) in [5.74, 6) is 1.59. The molecule has 0 aliphatic carbocycles. The molecule has 0 bridgehead atoms. The largest absolute Gasteiger partial charge is 0.382 e. The maximum atomic E-state index is 5.55. The van der Waals surface area contributed by atoms with Gasteiger partial charge < -0.3 is 25.8 Å². The highest BCUT2D eigenvalue weighted by atomic mass is 16.5. The van der Waals surface area contributed by atoms with Crippen LogP contribution in [0.4, 0.5) is 17.6 Å². The molecule has 1 aromatic rings. The van der Waals surface area contributed by atoms with Crippen molar-refractivity contribution < 1.29 is 9.47 Å². The number of nitrogens with one attached hydrogen (secondary N) is 2. The minimum atomic E-state index is 0.236. The lowest BCUT2D eigenvalue weighted by atomic mass is 10.5. The molecule has 0 radical (unpaired) electrons. The Balaban J connectivity index is 2.28. The second kappa shape index (κ2) is 7.64. The highest BCUT2D eigenvalue weighted by Gasteiger charge is 2.00. The molecule has 17 heavy (non-hydrogen) atoms. The summed E-state index contributed by atoms with van der Waals surface area (Å²) in [6, 6.07) is 1.78. The molecule has 0 unspecified atom stereocenters. The smallest absolute Gasteiger partial charge is 0.223 e. The summed E-state index contributed by atoms with van der Waals surface area (Å²) in [5, 5.41) is 6.01. The standard InChI is InChI=1S/C10H19N5O2/c1-12-8-7-9(15-10(11)14-8)13-3-4-17-6-5-16-2/h7H,3-6H2,1-2H3,(H4,11,12,13,14,15). The van der Waals surface area contributed by atoms with Gasteiger partial charge in [0.2, 0.25) is 5.95 Å². The quantitative estimate of drug-likeness (QED) is 0.559. The summed E-state index contributed by atoms with van der Waals surface area (Å²) in [4.78, 5) is 8.04. The van der Waals surface area contributed by atoms with Crippen LogP contribution in [0.2, 0.25) is 0 Å². The van der Waals surface area contributed by atoms with Crippen LogP contribution in [0, 0.1) is 0 Å². The van der Waals surface area contributed by atoms with Gasteiger partial charge in [0.05, 0.1) is 19.8 Å². The number of nitrogen functional groups attached to an aromatic ring is 1. The zero-order valence-corrected chi connectivity index (χ0v) is 10.2. The first-order valence-corrected chi connectivity index (χ1v) is 5.39. The highest BCUT2D eigenvalue weighted by Crippen LogP contribution is 2.11. The third kappa shape index (κ3) is 5.32. The Morgan fingerprint density at radius 1 is 1.24 bits per heavy atom. The van der Waals surface area contributed by atoms with E-state index in [1.54, 1.807) is 20.2 Å². The summed E-state index contributed by atoms with van der Waals surface area (Å²) < 4.78 is 10.2. The van der Waals surface area contributed by atoms with Gasteiger partial charge in [-0.1, -0.05) is 0 Å². The topological polar surface area (TPSA) is 94.3 Å². The van der Waals surface area contributed by atoms with Crippen molar-refractivity contribution in [3.63, 3.8) is 0 Å².